The maximum absolute atomic E-state index is 6.08. The monoisotopic (exact) mass is 285 g/mol. The van der Waals surface area contributed by atoms with E-state index in [1.165, 1.54) is 0 Å². The van der Waals surface area contributed by atoms with Crippen LogP contribution in [0.1, 0.15) is 12.3 Å². The molecule has 4 nitrogen and oxygen atoms in total. The molecule has 0 aliphatic rings. The van der Waals surface area contributed by atoms with Crippen LogP contribution in [-0.4, -0.2) is 23.8 Å². The first kappa shape index (κ1) is 13.3. The van der Waals surface area contributed by atoms with Crippen LogP contribution < -0.4 is 5.32 Å². The summed E-state index contributed by atoms with van der Waals surface area (Å²) in [5.41, 5.74) is 0.702. The average molecular weight is 286 g/mol. The highest BCUT2D eigenvalue weighted by Gasteiger charge is 2.11. The van der Waals surface area contributed by atoms with E-state index in [-0.39, 0.29) is 0 Å². The van der Waals surface area contributed by atoms with Gasteiger partial charge < -0.3 is 9.73 Å². The van der Waals surface area contributed by atoms with Gasteiger partial charge in [0.15, 0.2) is 0 Å². The largest absolute Gasteiger partial charge is 0.421 e. The number of hydrogen-bond donors (Lipinski definition) is 1. The van der Waals surface area contributed by atoms with Crippen molar-refractivity contribution >= 4 is 23.2 Å². The highest BCUT2D eigenvalue weighted by atomic mass is 35.5. The van der Waals surface area contributed by atoms with E-state index in [0.717, 1.165) is 19.4 Å². The molecule has 0 radical (unpaired) electrons. The second-order valence-corrected chi connectivity index (χ2v) is 4.68. The summed E-state index contributed by atoms with van der Waals surface area (Å²) in [7, 11) is 1.91. The van der Waals surface area contributed by atoms with Gasteiger partial charge >= 0.3 is 0 Å². The van der Waals surface area contributed by atoms with Crippen molar-refractivity contribution in [2.45, 2.75) is 12.8 Å². The van der Waals surface area contributed by atoms with Gasteiger partial charge in [0.05, 0.1) is 10.6 Å². The van der Waals surface area contributed by atoms with E-state index >= 15 is 0 Å². The Morgan fingerprint density at radius 2 is 2.11 bits per heavy atom. The Hall–Kier alpha value is -1.10. The summed E-state index contributed by atoms with van der Waals surface area (Å²) in [5, 5.41) is 12.1. The summed E-state index contributed by atoms with van der Waals surface area (Å²) < 4.78 is 5.56. The fraction of sp³-hybridized carbons (Fsp3) is 0.333. The third kappa shape index (κ3) is 3.22. The van der Waals surface area contributed by atoms with Gasteiger partial charge in [0.25, 0.3) is 0 Å². The molecule has 0 atom stereocenters. The Morgan fingerprint density at radius 1 is 1.28 bits per heavy atom. The summed E-state index contributed by atoms with van der Waals surface area (Å²) in [6, 6.07) is 5.17. The number of aromatic nitrogens is 2. The van der Waals surface area contributed by atoms with E-state index in [9.17, 15) is 0 Å². The lowest BCUT2D eigenvalue weighted by molar-refractivity contribution is 0.495. The molecule has 0 fully saturated rings. The van der Waals surface area contributed by atoms with Crippen LogP contribution in [0.15, 0.2) is 22.6 Å². The molecule has 2 aromatic rings. The predicted molar refractivity (Wildman–Crippen MR) is 72.0 cm³/mol. The minimum absolute atomic E-state index is 0.427. The zero-order chi connectivity index (χ0) is 13.0. The summed E-state index contributed by atoms with van der Waals surface area (Å²) >= 11 is 11.9. The van der Waals surface area contributed by atoms with Crippen LogP contribution in [0.25, 0.3) is 11.5 Å². The van der Waals surface area contributed by atoms with Gasteiger partial charge in [0, 0.05) is 11.4 Å². The molecular weight excluding hydrogens is 273 g/mol. The number of nitrogens with one attached hydrogen (secondary N) is 1. The molecule has 0 spiro atoms. The van der Waals surface area contributed by atoms with Crippen LogP contribution in [0.4, 0.5) is 0 Å². The summed E-state index contributed by atoms with van der Waals surface area (Å²) in [5.74, 6) is 1.04. The van der Waals surface area contributed by atoms with E-state index in [0.29, 0.717) is 27.4 Å². The van der Waals surface area contributed by atoms with Crippen LogP contribution in [-0.2, 0) is 6.42 Å². The fourth-order valence-corrected chi connectivity index (χ4v) is 2.03. The molecular formula is C12H13Cl2N3O. The Morgan fingerprint density at radius 3 is 2.83 bits per heavy atom. The van der Waals surface area contributed by atoms with Crippen molar-refractivity contribution < 1.29 is 4.42 Å². The van der Waals surface area contributed by atoms with Gasteiger partial charge in [0.1, 0.15) is 0 Å². The molecule has 18 heavy (non-hydrogen) atoms. The molecule has 0 saturated heterocycles. The second-order valence-electron chi connectivity index (χ2n) is 3.83. The first-order valence-corrected chi connectivity index (χ1v) is 6.38. The molecule has 1 aromatic heterocycles. The molecule has 1 aromatic carbocycles. The van der Waals surface area contributed by atoms with E-state index in [4.69, 9.17) is 27.6 Å². The van der Waals surface area contributed by atoms with E-state index < -0.39 is 0 Å². The molecule has 0 amide bonds. The highest BCUT2D eigenvalue weighted by molar-refractivity contribution is 6.36. The quantitative estimate of drug-likeness (QED) is 0.858. The predicted octanol–water partition coefficient (Wildman–Crippen LogP) is 3.20. The Balaban J connectivity index is 2.13. The Kier molecular flexibility index (Phi) is 4.58. The first-order valence-electron chi connectivity index (χ1n) is 5.63. The number of rotatable bonds is 5. The van der Waals surface area contributed by atoms with Gasteiger partial charge in [-0.2, -0.15) is 0 Å². The van der Waals surface area contributed by atoms with Crippen molar-refractivity contribution in [2.75, 3.05) is 13.6 Å². The fourth-order valence-electron chi connectivity index (χ4n) is 1.54. The third-order valence-electron chi connectivity index (χ3n) is 2.45. The highest BCUT2D eigenvalue weighted by Crippen LogP contribution is 2.29. The lowest BCUT2D eigenvalue weighted by Gasteiger charge is -1.99. The van der Waals surface area contributed by atoms with E-state index in [1.807, 2.05) is 7.05 Å². The number of halogens is 2. The minimum Gasteiger partial charge on any atom is -0.421 e. The lowest BCUT2D eigenvalue weighted by atomic mass is 10.2. The Labute approximate surface area is 115 Å². The van der Waals surface area contributed by atoms with Gasteiger partial charge in [-0.05, 0) is 38.2 Å². The van der Waals surface area contributed by atoms with Crippen molar-refractivity contribution in [3.63, 3.8) is 0 Å². The van der Waals surface area contributed by atoms with Crippen molar-refractivity contribution in [2.24, 2.45) is 0 Å². The first-order chi connectivity index (χ1) is 8.70. The van der Waals surface area contributed by atoms with Crippen LogP contribution in [0.5, 0.6) is 0 Å². The van der Waals surface area contributed by atoms with Crippen molar-refractivity contribution in [3.8, 4) is 11.5 Å². The van der Waals surface area contributed by atoms with Crippen LogP contribution in [0.2, 0.25) is 10.0 Å². The molecule has 6 heteroatoms. The smallest absolute Gasteiger partial charge is 0.249 e. The number of nitrogens with zero attached hydrogens (tertiary/aromatic N) is 2. The molecule has 96 valence electrons. The van der Waals surface area contributed by atoms with Gasteiger partial charge in [-0.1, -0.05) is 23.2 Å². The standard InChI is InChI=1S/C12H13Cl2N3O/c1-15-6-2-3-11-16-17-12(18-11)9-5-4-8(13)7-10(9)14/h4-5,7,15H,2-3,6H2,1H3. The SMILES string of the molecule is CNCCCc1nnc(-c2ccc(Cl)cc2Cl)o1. The molecule has 0 unspecified atom stereocenters. The van der Waals surface area contributed by atoms with Gasteiger partial charge in [-0.15, -0.1) is 10.2 Å². The van der Waals surface area contributed by atoms with Crippen molar-refractivity contribution in [3.05, 3.63) is 34.1 Å². The molecule has 0 bridgehead atoms. The van der Waals surface area contributed by atoms with Gasteiger partial charge in [0.2, 0.25) is 11.8 Å². The molecule has 2 rings (SSSR count). The summed E-state index contributed by atoms with van der Waals surface area (Å²) in [6.07, 6.45) is 1.70. The maximum atomic E-state index is 6.08. The zero-order valence-corrected chi connectivity index (χ0v) is 11.4. The van der Waals surface area contributed by atoms with E-state index in [1.54, 1.807) is 18.2 Å². The number of hydrogen-bond acceptors (Lipinski definition) is 4. The minimum atomic E-state index is 0.427. The summed E-state index contributed by atoms with van der Waals surface area (Å²) in [6.45, 7) is 0.916. The van der Waals surface area contributed by atoms with Gasteiger partial charge in [-0.3, -0.25) is 0 Å². The summed E-state index contributed by atoms with van der Waals surface area (Å²) in [4.78, 5) is 0. The Bertz CT molecular complexity index is 528. The second kappa shape index (κ2) is 6.18. The molecule has 0 aliphatic heterocycles. The van der Waals surface area contributed by atoms with Crippen LogP contribution >= 0.6 is 23.2 Å². The van der Waals surface area contributed by atoms with Gasteiger partial charge in [-0.25, -0.2) is 0 Å². The normalized spacial score (nSPS) is 10.8. The van der Waals surface area contributed by atoms with Crippen LogP contribution in [0, 0.1) is 0 Å². The van der Waals surface area contributed by atoms with Crippen molar-refractivity contribution in [1.82, 2.24) is 15.5 Å². The lowest BCUT2D eigenvalue weighted by Crippen LogP contribution is -2.08. The molecule has 1 N–H and O–H groups in total. The number of aryl methyl sites for hydroxylation is 1. The zero-order valence-electron chi connectivity index (χ0n) is 9.91. The average Bonchev–Trinajstić information content (AvgIpc) is 2.78. The maximum Gasteiger partial charge on any atom is 0.249 e. The molecule has 0 aliphatic carbocycles. The third-order valence-corrected chi connectivity index (χ3v) is 2.99. The van der Waals surface area contributed by atoms with Crippen LogP contribution in [0.3, 0.4) is 0 Å². The molecule has 0 saturated carbocycles. The topological polar surface area (TPSA) is 51.0 Å². The number of benzene rings is 1. The van der Waals surface area contributed by atoms with Crippen molar-refractivity contribution in [1.29, 1.82) is 0 Å². The van der Waals surface area contributed by atoms with E-state index in [2.05, 4.69) is 15.5 Å². The molecule has 1 heterocycles.